The molecule has 0 radical (unpaired) electrons. The van der Waals surface area contributed by atoms with Crippen LogP contribution in [0.1, 0.15) is 65.0 Å². The molecule has 2 atom stereocenters. The molecule has 0 saturated heterocycles. The molecule has 5 rings (SSSR count). The third-order valence-corrected chi connectivity index (χ3v) is 9.54. The van der Waals surface area contributed by atoms with E-state index in [1.54, 1.807) is 6.08 Å². The Hall–Kier alpha value is -5.21. The number of fused-ring (bicyclic) bond motifs is 1. The van der Waals surface area contributed by atoms with E-state index in [-0.39, 0.29) is 0 Å². The minimum Gasteiger partial charge on any atom is -0.387 e. The van der Waals surface area contributed by atoms with Gasteiger partial charge in [-0.15, -0.1) is 0 Å². The Labute approximate surface area is 300 Å². The molecule has 2 aliphatic rings. The number of aliphatic imine (C=N–C) groups is 1. The highest BCUT2D eigenvalue weighted by Crippen LogP contribution is 2.37. The maximum absolute atomic E-state index is 4.72. The van der Waals surface area contributed by atoms with Crippen molar-refractivity contribution in [3.05, 3.63) is 184 Å². The van der Waals surface area contributed by atoms with Crippen LogP contribution in [-0.4, -0.2) is 12.3 Å². The molecule has 0 spiro atoms. The fourth-order valence-electron chi connectivity index (χ4n) is 7.14. The lowest BCUT2D eigenvalue weighted by Gasteiger charge is -2.22. The lowest BCUT2D eigenvalue weighted by molar-refractivity contribution is 0.586. The number of benzene rings is 3. The molecule has 0 amide bonds. The molecule has 2 unspecified atom stereocenters. The van der Waals surface area contributed by atoms with Gasteiger partial charge >= 0.3 is 0 Å². The van der Waals surface area contributed by atoms with Gasteiger partial charge in [0.25, 0.3) is 0 Å². The van der Waals surface area contributed by atoms with Crippen LogP contribution in [0, 0.1) is 11.8 Å². The van der Waals surface area contributed by atoms with E-state index in [4.69, 9.17) is 4.99 Å². The number of rotatable bonds is 9. The monoisotopic (exact) mass is 656 g/mol. The Morgan fingerprint density at radius 1 is 1.00 bits per heavy atom. The SMILES string of the molecule is C=C/C=C\N=C(C)C1=CCNC=C1c1cccc2c(C(C(/C=C\C)=C(/C)CC3/C=C\C(C)/C=C(C)\C=C/CC3)=c3ccccc3=C)cccc12. The lowest BCUT2D eigenvalue weighted by atomic mass is 9.83. The lowest BCUT2D eigenvalue weighted by Crippen LogP contribution is -2.26. The van der Waals surface area contributed by atoms with Gasteiger partial charge in [-0.05, 0) is 108 Å². The fraction of sp³-hybridized carbons (Fsp3) is 0.229. The molecule has 0 aromatic heterocycles. The smallest absolute Gasteiger partial charge is 0.0449 e. The van der Waals surface area contributed by atoms with Crippen LogP contribution in [-0.2, 0) is 0 Å². The molecular weight excluding hydrogens is 605 g/mol. The summed E-state index contributed by atoms with van der Waals surface area (Å²) in [6.07, 6.45) is 29.3. The van der Waals surface area contributed by atoms with E-state index in [1.807, 2.05) is 12.3 Å². The second kappa shape index (κ2) is 17.4. The van der Waals surface area contributed by atoms with Crippen molar-refractivity contribution in [2.24, 2.45) is 16.8 Å². The molecule has 254 valence electrons. The molecule has 3 aromatic carbocycles. The molecule has 0 saturated carbocycles. The van der Waals surface area contributed by atoms with Crippen LogP contribution >= 0.6 is 0 Å². The van der Waals surface area contributed by atoms with Gasteiger partial charge < -0.3 is 5.32 Å². The third kappa shape index (κ3) is 8.68. The first-order valence-electron chi connectivity index (χ1n) is 18.0. The van der Waals surface area contributed by atoms with Crippen LogP contribution in [0.4, 0.5) is 0 Å². The first-order valence-corrected chi connectivity index (χ1v) is 18.0. The summed E-state index contributed by atoms with van der Waals surface area (Å²) in [6, 6.07) is 22.0. The van der Waals surface area contributed by atoms with Crippen LogP contribution in [0.25, 0.3) is 28.5 Å². The molecule has 0 fully saturated rings. The zero-order valence-electron chi connectivity index (χ0n) is 30.5. The zero-order chi connectivity index (χ0) is 35.5. The normalized spacial score (nSPS) is 22.2. The molecule has 1 aliphatic carbocycles. The van der Waals surface area contributed by atoms with Crippen molar-refractivity contribution in [1.29, 1.82) is 0 Å². The van der Waals surface area contributed by atoms with E-state index >= 15 is 0 Å². The van der Waals surface area contributed by atoms with E-state index in [0.717, 1.165) is 53.1 Å². The minimum absolute atomic E-state index is 0.410. The second-order valence-corrected chi connectivity index (χ2v) is 13.4. The topological polar surface area (TPSA) is 24.4 Å². The number of allylic oxidation sites excluding steroid dienone is 14. The van der Waals surface area contributed by atoms with Crippen molar-refractivity contribution in [2.75, 3.05) is 6.54 Å². The maximum Gasteiger partial charge on any atom is 0.0449 e. The number of nitrogens with one attached hydrogen (secondary N) is 1. The number of hydrogen-bond donors (Lipinski definition) is 1. The first kappa shape index (κ1) is 36.1. The summed E-state index contributed by atoms with van der Waals surface area (Å²) in [5.41, 5.74) is 10.9. The van der Waals surface area contributed by atoms with Crippen LogP contribution in [0.2, 0.25) is 0 Å². The fourth-order valence-corrected chi connectivity index (χ4v) is 7.14. The van der Waals surface area contributed by atoms with E-state index in [9.17, 15) is 0 Å². The maximum atomic E-state index is 4.72. The van der Waals surface area contributed by atoms with E-state index in [1.165, 1.54) is 44.2 Å². The summed E-state index contributed by atoms with van der Waals surface area (Å²) < 4.78 is 0. The first-order chi connectivity index (χ1) is 24.3. The molecule has 50 heavy (non-hydrogen) atoms. The standard InChI is InChI=1S/C48H52N2/c1-8-10-29-50-38(7)42-28-30-49-33-47(42)45-24-15-23-44-43(45)22-16-25-46(44)48(41-21-14-12-19-36(41)5)40(17-9-2)37(6)32-39-20-13-11-18-34(3)31-35(4)26-27-39/h8-12,14-19,21-29,31,33,35,39,49H,1,5,13,20,30,32H2,2-4,6-7H3/b17-9-,18-11-,27-26-,29-10-,34-31-,40-37-,48-41?,50-38?. The highest BCUT2D eigenvalue weighted by Gasteiger charge is 2.20. The van der Waals surface area contributed by atoms with Gasteiger partial charge in [-0.3, -0.25) is 4.99 Å². The van der Waals surface area contributed by atoms with Crippen LogP contribution in [0.15, 0.2) is 168 Å². The van der Waals surface area contributed by atoms with Crippen molar-refractivity contribution in [3.63, 3.8) is 0 Å². The van der Waals surface area contributed by atoms with Crippen molar-refractivity contribution in [1.82, 2.24) is 5.32 Å². The summed E-state index contributed by atoms with van der Waals surface area (Å²) in [6.45, 7) is 20.1. The van der Waals surface area contributed by atoms with Crippen LogP contribution in [0.5, 0.6) is 0 Å². The molecule has 1 aliphatic heterocycles. The summed E-state index contributed by atoms with van der Waals surface area (Å²) in [4.78, 5) is 4.72. The van der Waals surface area contributed by atoms with Gasteiger partial charge in [-0.1, -0.05) is 147 Å². The average Bonchev–Trinajstić information content (AvgIpc) is 3.12. The third-order valence-electron chi connectivity index (χ3n) is 9.54. The zero-order valence-corrected chi connectivity index (χ0v) is 30.5. The Bertz CT molecular complexity index is 2120. The van der Waals surface area contributed by atoms with Gasteiger partial charge in [0.1, 0.15) is 0 Å². The van der Waals surface area contributed by atoms with Crippen molar-refractivity contribution in [2.45, 2.75) is 53.9 Å². The van der Waals surface area contributed by atoms with Gasteiger partial charge in [0.05, 0.1) is 0 Å². The van der Waals surface area contributed by atoms with Crippen molar-refractivity contribution in [3.8, 4) is 0 Å². The van der Waals surface area contributed by atoms with Gasteiger partial charge in [0.2, 0.25) is 0 Å². The number of dihydropyridines is 1. The number of hydrogen-bond acceptors (Lipinski definition) is 2. The summed E-state index contributed by atoms with van der Waals surface area (Å²) in [5.74, 6) is 0.861. The van der Waals surface area contributed by atoms with Crippen molar-refractivity contribution >= 4 is 34.2 Å². The van der Waals surface area contributed by atoms with Gasteiger partial charge in [0, 0.05) is 35.8 Å². The van der Waals surface area contributed by atoms with E-state index in [0.29, 0.717) is 11.8 Å². The minimum atomic E-state index is 0.410. The highest BCUT2D eigenvalue weighted by molar-refractivity contribution is 6.16. The van der Waals surface area contributed by atoms with E-state index in [2.05, 4.69) is 169 Å². The largest absolute Gasteiger partial charge is 0.387 e. The van der Waals surface area contributed by atoms with Crippen LogP contribution in [0.3, 0.4) is 0 Å². The quantitative estimate of drug-likeness (QED) is 0.138. The summed E-state index contributed by atoms with van der Waals surface area (Å²) in [5, 5.41) is 8.06. The molecule has 2 heteroatoms. The predicted octanol–water partition coefficient (Wildman–Crippen LogP) is 10.9. The molecule has 2 nitrogen and oxygen atoms in total. The van der Waals surface area contributed by atoms with Crippen molar-refractivity contribution < 1.29 is 0 Å². The second-order valence-electron chi connectivity index (χ2n) is 13.4. The Morgan fingerprint density at radius 3 is 2.60 bits per heavy atom. The molecule has 1 N–H and O–H groups in total. The Balaban J connectivity index is 1.70. The van der Waals surface area contributed by atoms with Gasteiger partial charge in [0.15, 0.2) is 0 Å². The Morgan fingerprint density at radius 2 is 1.80 bits per heavy atom. The summed E-state index contributed by atoms with van der Waals surface area (Å²) in [7, 11) is 0. The molecule has 3 aromatic rings. The number of nitrogens with zero attached hydrogens (tertiary/aromatic N) is 1. The van der Waals surface area contributed by atoms with Gasteiger partial charge in [-0.25, -0.2) is 0 Å². The molecule has 0 bridgehead atoms. The molecule has 1 heterocycles. The Kier molecular flexibility index (Phi) is 12.6. The predicted molar refractivity (Wildman–Crippen MR) is 220 cm³/mol. The summed E-state index contributed by atoms with van der Waals surface area (Å²) >= 11 is 0. The van der Waals surface area contributed by atoms with E-state index < -0.39 is 0 Å². The van der Waals surface area contributed by atoms with Gasteiger partial charge in [-0.2, -0.15) is 0 Å². The average molecular weight is 657 g/mol. The highest BCUT2D eigenvalue weighted by atomic mass is 14.8. The van der Waals surface area contributed by atoms with Crippen LogP contribution < -0.4 is 15.8 Å². The molecular formula is C48H52N2.